The molecule has 1 atom stereocenters. The number of ether oxygens (including phenoxy) is 2. The van der Waals surface area contributed by atoms with E-state index >= 15 is 0 Å². The van der Waals surface area contributed by atoms with Crippen molar-refractivity contribution in [2.75, 3.05) is 43.6 Å². The smallest absolute Gasteiger partial charge is 0.224 e. The number of piperidine rings is 1. The van der Waals surface area contributed by atoms with E-state index in [1.807, 2.05) is 36.5 Å². The molecule has 1 fully saturated rings. The van der Waals surface area contributed by atoms with E-state index in [4.69, 9.17) is 9.47 Å². The SMILES string of the molecule is COc1ccc(OCCNc2nccc(N3CCCC(C)C3)n2)cc1. The number of benzene rings is 1. The lowest BCUT2D eigenvalue weighted by atomic mass is 10.0. The molecular weight excluding hydrogens is 316 g/mol. The first-order valence-electron chi connectivity index (χ1n) is 8.83. The molecule has 1 aromatic heterocycles. The van der Waals surface area contributed by atoms with Crippen molar-refractivity contribution < 1.29 is 9.47 Å². The van der Waals surface area contributed by atoms with Crippen LogP contribution in [0.4, 0.5) is 11.8 Å². The Labute approximate surface area is 149 Å². The number of nitrogens with one attached hydrogen (secondary N) is 1. The first-order valence-corrected chi connectivity index (χ1v) is 8.83. The fourth-order valence-electron chi connectivity index (χ4n) is 3.01. The van der Waals surface area contributed by atoms with E-state index in [1.54, 1.807) is 7.11 Å². The van der Waals surface area contributed by atoms with Gasteiger partial charge in [0.2, 0.25) is 5.95 Å². The minimum absolute atomic E-state index is 0.542. The third kappa shape index (κ3) is 4.98. The van der Waals surface area contributed by atoms with Gasteiger partial charge in [-0.1, -0.05) is 6.92 Å². The normalized spacial score (nSPS) is 17.2. The van der Waals surface area contributed by atoms with Crippen LogP contribution in [0.15, 0.2) is 36.5 Å². The van der Waals surface area contributed by atoms with Crippen LogP contribution in [-0.4, -0.2) is 43.3 Å². The van der Waals surface area contributed by atoms with Crippen molar-refractivity contribution in [2.24, 2.45) is 5.92 Å². The van der Waals surface area contributed by atoms with Crippen LogP contribution in [0.1, 0.15) is 19.8 Å². The highest BCUT2D eigenvalue weighted by molar-refractivity contribution is 5.43. The quantitative estimate of drug-likeness (QED) is 0.780. The Hall–Kier alpha value is -2.50. The molecule has 0 amide bonds. The van der Waals surface area contributed by atoms with Crippen LogP contribution in [-0.2, 0) is 0 Å². The highest BCUT2D eigenvalue weighted by atomic mass is 16.5. The molecule has 0 spiro atoms. The number of hydrogen-bond donors (Lipinski definition) is 1. The molecule has 1 N–H and O–H groups in total. The Kier molecular flexibility index (Phi) is 5.93. The van der Waals surface area contributed by atoms with E-state index in [2.05, 4.69) is 27.1 Å². The zero-order valence-corrected chi connectivity index (χ0v) is 14.9. The van der Waals surface area contributed by atoms with Crippen LogP contribution in [0.3, 0.4) is 0 Å². The second kappa shape index (κ2) is 8.55. The van der Waals surface area contributed by atoms with E-state index in [9.17, 15) is 0 Å². The number of rotatable bonds is 7. The maximum Gasteiger partial charge on any atom is 0.224 e. The van der Waals surface area contributed by atoms with Crippen LogP contribution in [0, 0.1) is 5.92 Å². The molecule has 0 saturated carbocycles. The molecular formula is C19H26N4O2. The lowest BCUT2D eigenvalue weighted by Gasteiger charge is -2.31. The maximum absolute atomic E-state index is 5.70. The summed E-state index contributed by atoms with van der Waals surface area (Å²) >= 11 is 0. The summed E-state index contributed by atoms with van der Waals surface area (Å²) in [5, 5.41) is 3.23. The van der Waals surface area contributed by atoms with Gasteiger partial charge in [0.1, 0.15) is 23.9 Å². The summed E-state index contributed by atoms with van der Waals surface area (Å²) in [5.74, 6) is 4.01. The minimum atomic E-state index is 0.542. The molecule has 0 aliphatic carbocycles. The summed E-state index contributed by atoms with van der Waals surface area (Å²) in [6, 6.07) is 9.54. The Morgan fingerprint density at radius 3 is 2.76 bits per heavy atom. The van der Waals surface area contributed by atoms with Crippen molar-refractivity contribution in [3.8, 4) is 11.5 Å². The lowest BCUT2D eigenvalue weighted by Crippen LogP contribution is -2.34. The number of anilines is 2. The van der Waals surface area contributed by atoms with Gasteiger partial charge in [0.15, 0.2) is 0 Å². The predicted octanol–water partition coefficient (Wildman–Crippen LogP) is 3.21. The predicted molar refractivity (Wildman–Crippen MR) is 99.6 cm³/mol. The molecule has 25 heavy (non-hydrogen) atoms. The lowest BCUT2D eigenvalue weighted by molar-refractivity contribution is 0.331. The van der Waals surface area contributed by atoms with Crippen LogP contribution in [0.25, 0.3) is 0 Å². The standard InChI is InChI=1S/C19H26N4O2/c1-15-4-3-12-23(14-15)18-9-10-20-19(22-18)21-11-13-25-17-7-5-16(24-2)6-8-17/h5-10,15H,3-4,11-14H2,1-2H3,(H,20,21,22). The number of methoxy groups -OCH3 is 1. The van der Waals surface area contributed by atoms with Crippen molar-refractivity contribution in [3.05, 3.63) is 36.5 Å². The van der Waals surface area contributed by atoms with Gasteiger partial charge in [0.25, 0.3) is 0 Å². The van der Waals surface area contributed by atoms with Crippen molar-refractivity contribution in [1.82, 2.24) is 9.97 Å². The van der Waals surface area contributed by atoms with Crippen molar-refractivity contribution in [3.63, 3.8) is 0 Å². The molecule has 1 aromatic carbocycles. The number of hydrogen-bond acceptors (Lipinski definition) is 6. The molecule has 3 rings (SSSR count). The summed E-state index contributed by atoms with van der Waals surface area (Å²) < 4.78 is 10.8. The molecule has 1 aliphatic heterocycles. The Morgan fingerprint density at radius 2 is 2.00 bits per heavy atom. The average molecular weight is 342 g/mol. The van der Waals surface area contributed by atoms with Crippen LogP contribution >= 0.6 is 0 Å². The second-order valence-corrected chi connectivity index (χ2v) is 6.38. The molecule has 0 radical (unpaired) electrons. The van der Waals surface area contributed by atoms with Gasteiger partial charge in [-0.2, -0.15) is 4.98 Å². The van der Waals surface area contributed by atoms with Gasteiger partial charge in [-0.15, -0.1) is 0 Å². The minimum Gasteiger partial charge on any atom is -0.497 e. The Morgan fingerprint density at radius 1 is 1.20 bits per heavy atom. The van der Waals surface area contributed by atoms with E-state index in [-0.39, 0.29) is 0 Å². The molecule has 134 valence electrons. The number of nitrogens with zero attached hydrogens (tertiary/aromatic N) is 3. The van der Waals surface area contributed by atoms with E-state index in [1.165, 1.54) is 12.8 Å². The zero-order valence-electron chi connectivity index (χ0n) is 14.9. The van der Waals surface area contributed by atoms with Gasteiger partial charge in [-0.25, -0.2) is 4.98 Å². The van der Waals surface area contributed by atoms with Crippen molar-refractivity contribution in [1.29, 1.82) is 0 Å². The van der Waals surface area contributed by atoms with Crippen molar-refractivity contribution >= 4 is 11.8 Å². The largest absolute Gasteiger partial charge is 0.497 e. The molecule has 6 nitrogen and oxygen atoms in total. The third-order valence-electron chi connectivity index (χ3n) is 4.34. The molecule has 0 bridgehead atoms. The van der Waals surface area contributed by atoms with Gasteiger partial charge >= 0.3 is 0 Å². The highest BCUT2D eigenvalue weighted by Crippen LogP contribution is 2.21. The molecule has 1 unspecified atom stereocenters. The summed E-state index contributed by atoms with van der Waals surface area (Å²) in [4.78, 5) is 11.3. The summed E-state index contributed by atoms with van der Waals surface area (Å²) in [6.07, 6.45) is 4.34. The van der Waals surface area contributed by atoms with Gasteiger partial charge in [0, 0.05) is 19.3 Å². The molecule has 1 aliphatic rings. The monoisotopic (exact) mass is 342 g/mol. The van der Waals surface area contributed by atoms with Gasteiger partial charge in [-0.3, -0.25) is 0 Å². The van der Waals surface area contributed by atoms with Crippen molar-refractivity contribution in [2.45, 2.75) is 19.8 Å². The summed E-state index contributed by atoms with van der Waals surface area (Å²) in [6.45, 7) is 5.62. The Balaban J connectivity index is 1.47. The van der Waals surface area contributed by atoms with Gasteiger partial charge in [-0.05, 0) is 49.1 Å². The first-order chi connectivity index (χ1) is 12.2. The van der Waals surface area contributed by atoms with E-state index in [0.29, 0.717) is 19.1 Å². The van der Waals surface area contributed by atoms with E-state index in [0.717, 1.165) is 36.3 Å². The third-order valence-corrected chi connectivity index (χ3v) is 4.34. The zero-order chi connectivity index (χ0) is 17.5. The number of aromatic nitrogens is 2. The average Bonchev–Trinajstić information content (AvgIpc) is 2.66. The second-order valence-electron chi connectivity index (χ2n) is 6.38. The molecule has 2 aromatic rings. The van der Waals surface area contributed by atoms with Gasteiger partial charge < -0.3 is 19.7 Å². The van der Waals surface area contributed by atoms with Crippen LogP contribution in [0.5, 0.6) is 11.5 Å². The summed E-state index contributed by atoms with van der Waals surface area (Å²) in [7, 11) is 1.65. The van der Waals surface area contributed by atoms with E-state index < -0.39 is 0 Å². The maximum atomic E-state index is 5.70. The Bertz CT molecular complexity index is 663. The topological polar surface area (TPSA) is 59.5 Å². The highest BCUT2D eigenvalue weighted by Gasteiger charge is 2.17. The van der Waals surface area contributed by atoms with Gasteiger partial charge in [0.05, 0.1) is 13.7 Å². The molecule has 6 heteroatoms. The summed E-state index contributed by atoms with van der Waals surface area (Å²) in [5.41, 5.74) is 0. The van der Waals surface area contributed by atoms with Crippen LogP contribution in [0.2, 0.25) is 0 Å². The fraction of sp³-hybridized carbons (Fsp3) is 0.474. The molecule has 2 heterocycles. The fourth-order valence-corrected chi connectivity index (χ4v) is 3.01. The van der Waals surface area contributed by atoms with Crippen LogP contribution < -0.4 is 19.7 Å². The molecule has 1 saturated heterocycles. The first kappa shape index (κ1) is 17.3.